The van der Waals surface area contributed by atoms with Gasteiger partial charge in [0.2, 0.25) is 0 Å². The SMILES string of the molecule is Cc1cc(C=C2SC(=O)N(Cc3ccc(F)cc3)C2=O)c(C)n1C. The van der Waals surface area contributed by atoms with Crippen LogP contribution in [0.15, 0.2) is 35.2 Å². The Kier molecular flexibility index (Phi) is 4.32. The molecular formula is C18H17FN2O2S. The van der Waals surface area contributed by atoms with Crippen molar-refractivity contribution >= 4 is 29.0 Å². The number of carbonyl (C=O) groups is 2. The van der Waals surface area contributed by atoms with Crippen molar-refractivity contribution in [1.82, 2.24) is 9.47 Å². The Balaban J connectivity index is 1.84. The molecule has 3 rings (SSSR count). The third-order valence-electron chi connectivity index (χ3n) is 4.23. The van der Waals surface area contributed by atoms with Gasteiger partial charge in [-0.15, -0.1) is 0 Å². The summed E-state index contributed by atoms with van der Waals surface area (Å²) in [5, 5.41) is -0.305. The summed E-state index contributed by atoms with van der Waals surface area (Å²) < 4.78 is 15.0. The lowest BCUT2D eigenvalue weighted by molar-refractivity contribution is -0.123. The number of imide groups is 1. The molecule has 0 atom stereocenters. The second kappa shape index (κ2) is 6.28. The molecule has 2 aromatic rings. The first-order valence-electron chi connectivity index (χ1n) is 7.49. The number of halogens is 1. The van der Waals surface area contributed by atoms with Crippen molar-refractivity contribution in [1.29, 1.82) is 0 Å². The average molecular weight is 344 g/mol. The van der Waals surface area contributed by atoms with E-state index >= 15 is 0 Å². The molecule has 0 spiro atoms. The van der Waals surface area contributed by atoms with E-state index in [1.807, 2.05) is 31.5 Å². The van der Waals surface area contributed by atoms with Crippen molar-refractivity contribution < 1.29 is 14.0 Å². The number of carbonyl (C=O) groups excluding carboxylic acids is 2. The highest BCUT2D eigenvalue weighted by Crippen LogP contribution is 2.34. The normalized spacial score (nSPS) is 16.5. The zero-order valence-corrected chi connectivity index (χ0v) is 14.5. The quantitative estimate of drug-likeness (QED) is 0.790. The monoisotopic (exact) mass is 344 g/mol. The van der Waals surface area contributed by atoms with E-state index in [9.17, 15) is 14.0 Å². The van der Waals surface area contributed by atoms with Crippen LogP contribution in [0.4, 0.5) is 9.18 Å². The summed E-state index contributed by atoms with van der Waals surface area (Å²) in [5.41, 5.74) is 3.77. The van der Waals surface area contributed by atoms with Gasteiger partial charge in [0.1, 0.15) is 5.82 Å². The maximum Gasteiger partial charge on any atom is 0.293 e. The predicted molar refractivity (Wildman–Crippen MR) is 92.8 cm³/mol. The van der Waals surface area contributed by atoms with Gasteiger partial charge < -0.3 is 4.57 Å². The third kappa shape index (κ3) is 3.01. The minimum absolute atomic E-state index is 0.148. The Morgan fingerprint density at radius 1 is 1.17 bits per heavy atom. The summed E-state index contributed by atoms with van der Waals surface area (Å²) in [7, 11) is 1.96. The molecule has 2 heterocycles. The van der Waals surface area contributed by atoms with E-state index in [2.05, 4.69) is 0 Å². The lowest BCUT2D eigenvalue weighted by Crippen LogP contribution is -2.27. The summed E-state index contributed by atoms with van der Waals surface area (Å²) in [6.45, 7) is 4.11. The van der Waals surface area contributed by atoms with Gasteiger partial charge in [0, 0.05) is 18.4 Å². The highest BCUT2D eigenvalue weighted by atomic mass is 32.2. The maximum atomic E-state index is 13.0. The van der Waals surface area contributed by atoms with Crippen LogP contribution >= 0.6 is 11.8 Å². The highest BCUT2D eigenvalue weighted by molar-refractivity contribution is 8.18. The molecule has 6 heteroatoms. The Morgan fingerprint density at radius 3 is 2.42 bits per heavy atom. The highest BCUT2D eigenvalue weighted by Gasteiger charge is 2.35. The van der Waals surface area contributed by atoms with Crippen LogP contribution in [0, 0.1) is 19.7 Å². The molecule has 0 unspecified atom stereocenters. The van der Waals surface area contributed by atoms with Crippen molar-refractivity contribution in [2.45, 2.75) is 20.4 Å². The molecule has 0 saturated carbocycles. The van der Waals surface area contributed by atoms with Crippen LogP contribution in [0.25, 0.3) is 6.08 Å². The van der Waals surface area contributed by atoms with Gasteiger partial charge in [-0.1, -0.05) is 12.1 Å². The number of aromatic nitrogens is 1. The van der Waals surface area contributed by atoms with Gasteiger partial charge in [-0.25, -0.2) is 4.39 Å². The first kappa shape index (κ1) is 16.5. The Bertz CT molecular complexity index is 853. The third-order valence-corrected chi connectivity index (χ3v) is 5.14. The fraction of sp³-hybridized carbons (Fsp3) is 0.222. The summed E-state index contributed by atoms with van der Waals surface area (Å²) in [5.74, 6) is -0.655. The molecule has 1 aliphatic rings. The largest absolute Gasteiger partial charge is 0.352 e. The first-order valence-corrected chi connectivity index (χ1v) is 8.31. The molecule has 1 aromatic heterocycles. The minimum Gasteiger partial charge on any atom is -0.352 e. The number of hydrogen-bond donors (Lipinski definition) is 0. The molecular weight excluding hydrogens is 327 g/mol. The zero-order valence-electron chi connectivity index (χ0n) is 13.7. The minimum atomic E-state index is -0.345. The van der Waals surface area contributed by atoms with E-state index in [1.165, 1.54) is 17.0 Å². The number of nitrogens with zero attached hydrogens (tertiary/aromatic N) is 2. The van der Waals surface area contributed by atoms with Crippen LogP contribution in [-0.2, 0) is 18.4 Å². The van der Waals surface area contributed by atoms with E-state index < -0.39 is 0 Å². The molecule has 0 radical (unpaired) electrons. The zero-order chi connectivity index (χ0) is 17.4. The van der Waals surface area contributed by atoms with Gasteiger partial charge in [0.15, 0.2) is 0 Å². The van der Waals surface area contributed by atoms with Crippen LogP contribution in [0.3, 0.4) is 0 Å². The second-order valence-corrected chi connectivity index (χ2v) is 6.77. The molecule has 4 nitrogen and oxygen atoms in total. The van der Waals surface area contributed by atoms with E-state index in [1.54, 1.807) is 18.2 Å². The Morgan fingerprint density at radius 2 is 1.83 bits per heavy atom. The molecule has 0 aliphatic carbocycles. The van der Waals surface area contributed by atoms with Gasteiger partial charge in [-0.3, -0.25) is 14.5 Å². The van der Waals surface area contributed by atoms with Crippen LogP contribution in [0.1, 0.15) is 22.5 Å². The fourth-order valence-electron chi connectivity index (χ4n) is 2.58. The molecule has 1 fully saturated rings. The van der Waals surface area contributed by atoms with Crippen molar-refractivity contribution in [2.24, 2.45) is 7.05 Å². The molecule has 124 valence electrons. The van der Waals surface area contributed by atoms with E-state index in [0.717, 1.165) is 28.7 Å². The number of benzene rings is 1. The van der Waals surface area contributed by atoms with Gasteiger partial charge in [0.05, 0.1) is 11.4 Å². The van der Waals surface area contributed by atoms with Crippen molar-refractivity contribution in [3.8, 4) is 0 Å². The Hall–Kier alpha value is -2.34. The summed E-state index contributed by atoms with van der Waals surface area (Å²) >= 11 is 0.938. The van der Waals surface area contributed by atoms with Crippen LogP contribution in [0.2, 0.25) is 0 Å². The van der Waals surface area contributed by atoms with E-state index in [4.69, 9.17) is 0 Å². The predicted octanol–water partition coefficient (Wildman–Crippen LogP) is 4.02. The van der Waals surface area contributed by atoms with E-state index in [0.29, 0.717) is 10.5 Å². The fourth-order valence-corrected chi connectivity index (χ4v) is 3.41. The van der Waals surface area contributed by atoms with Gasteiger partial charge in [-0.05, 0) is 61.0 Å². The van der Waals surface area contributed by atoms with E-state index in [-0.39, 0.29) is 23.5 Å². The summed E-state index contributed by atoms with van der Waals surface area (Å²) in [4.78, 5) is 26.3. The standard InChI is InChI=1S/C18H17FN2O2S/c1-11-8-14(12(2)20(11)3)9-16-17(22)21(18(23)24-16)10-13-4-6-15(19)7-5-13/h4-9H,10H2,1-3H3. The molecule has 1 aromatic carbocycles. The van der Waals surface area contributed by atoms with Crippen molar-refractivity contribution in [3.63, 3.8) is 0 Å². The number of aryl methyl sites for hydroxylation is 1. The van der Waals surface area contributed by atoms with Gasteiger partial charge in [-0.2, -0.15) is 0 Å². The lowest BCUT2D eigenvalue weighted by Gasteiger charge is -2.12. The average Bonchev–Trinajstić information content (AvgIpc) is 2.95. The maximum absolute atomic E-state index is 13.0. The van der Waals surface area contributed by atoms with Crippen LogP contribution < -0.4 is 0 Å². The van der Waals surface area contributed by atoms with Crippen LogP contribution in [-0.4, -0.2) is 20.6 Å². The van der Waals surface area contributed by atoms with Gasteiger partial charge in [0.25, 0.3) is 11.1 Å². The molecule has 1 saturated heterocycles. The van der Waals surface area contributed by atoms with Crippen LogP contribution in [0.5, 0.6) is 0 Å². The van der Waals surface area contributed by atoms with Crippen molar-refractivity contribution in [2.75, 3.05) is 0 Å². The van der Waals surface area contributed by atoms with Gasteiger partial charge >= 0.3 is 0 Å². The first-order chi connectivity index (χ1) is 11.4. The second-order valence-electron chi connectivity index (χ2n) is 5.78. The Labute approximate surface area is 144 Å². The molecule has 24 heavy (non-hydrogen) atoms. The number of hydrogen-bond acceptors (Lipinski definition) is 3. The molecule has 0 N–H and O–H groups in total. The molecule has 2 amide bonds. The summed E-state index contributed by atoms with van der Waals surface area (Å²) in [6, 6.07) is 7.78. The number of amides is 2. The smallest absolute Gasteiger partial charge is 0.293 e. The molecule has 1 aliphatic heterocycles. The number of rotatable bonds is 3. The molecule has 0 bridgehead atoms. The topological polar surface area (TPSA) is 42.3 Å². The summed E-state index contributed by atoms with van der Waals surface area (Å²) in [6.07, 6.45) is 1.76. The lowest BCUT2D eigenvalue weighted by atomic mass is 10.2. The number of thioether (sulfide) groups is 1. The van der Waals surface area contributed by atoms with Crippen molar-refractivity contribution in [3.05, 3.63) is 63.6 Å².